The Hall–Kier alpha value is -2.80. The molecule has 1 amide bonds. The molecule has 0 radical (unpaired) electrons. The molecule has 0 saturated carbocycles. The van der Waals surface area contributed by atoms with Crippen LogP contribution in [-0.4, -0.2) is 73.2 Å². The van der Waals surface area contributed by atoms with Gasteiger partial charge in [-0.3, -0.25) is 14.7 Å². The van der Waals surface area contributed by atoms with Crippen LogP contribution in [0.1, 0.15) is 36.0 Å². The van der Waals surface area contributed by atoms with Crippen LogP contribution in [0.5, 0.6) is 17.2 Å². The molecule has 2 aliphatic heterocycles. The monoisotopic (exact) mass is 425 g/mol. The first-order valence-corrected chi connectivity index (χ1v) is 11.0. The van der Waals surface area contributed by atoms with Gasteiger partial charge in [0.2, 0.25) is 0 Å². The summed E-state index contributed by atoms with van der Waals surface area (Å²) >= 11 is 0. The fraction of sp³-hybridized carbons (Fsp3) is 0.500. The van der Waals surface area contributed by atoms with Crippen molar-refractivity contribution in [3.8, 4) is 17.2 Å². The van der Waals surface area contributed by atoms with Gasteiger partial charge in [-0.05, 0) is 49.9 Å². The summed E-state index contributed by atoms with van der Waals surface area (Å²) in [5, 5.41) is 0. The quantitative estimate of drug-likeness (QED) is 0.708. The first-order chi connectivity index (χ1) is 15.2. The zero-order valence-electron chi connectivity index (χ0n) is 18.3. The summed E-state index contributed by atoms with van der Waals surface area (Å²) in [6.07, 6.45) is 7.84. The number of piperidine rings is 2. The van der Waals surface area contributed by atoms with Crippen LogP contribution in [0, 0.1) is 0 Å². The highest BCUT2D eigenvalue weighted by Gasteiger charge is 2.31. The van der Waals surface area contributed by atoms with Crippen molar-refractivity contribution in [2.45, 2.75) is 37.8 Å². The summed E-state index contributed by atoms with van der Waals surface area (Å²) in [6, 6.07) is 9.80. The molecule has 1 aromatic carbocycles. The number of para-hydroxylation sites is 1. The van der Waals surface area contributed by atoms with Crippen LogP contribution in [0.3, 0.4) is 0 Å². The molecule has 31 heavy (non-hydrogen) atoms. The number of aromatic nitrogens is 1. The zero-order chi connectivity index (χ0) is 21.6. The SMILES string of the molecule is COc1cccc(C(=O)N2CCC(N3CCC(Oc4ccncc4)CC3)CC2)c1OC. The van der Waals surface area contributed by atoms with Crippen LogP contribution < -0.4 is 14.2 Å². The van der Waals surface area contributed by atoms with Gasteiger partial charge >= 0.3 is 0 Å². The van der Waals surface area contributed by atoms with Crippen molar-refractivity contribution >= 4 is 5.91 Å². The number of ether oxygens (including phenoxy) is 3. The Kier molecular flexibility index (Phi) is 6.92. The molecule has 3 heterocycles. The molecule has 4 rings (SSSR count). The van der Waals surface area contributed by atoms with E-state index in [0.29, 0.717) is 23.1 Å². The molecule has 0 unspecified atom stereocenters. The van der Waals surface area contributed by atoms with Crippen molar-refractivity contribution < 1.29 is 19.0 Å². The van der Waals surface area contributed by atoms with Gasteiger partial charge in [0.25, 0.3) is 5.91 Å². The second-order valence-corrected chi connectivity index (χ2v) is 8.10. The van der Waals surface area contributed by atoms with Gasteiger partial charge in [0.1, 0.15) is 11.9 Å². The minimum absolute atomic E-state index is 0.0126. The van der Waals surface area contributed by atoms with E-state index in [1.165, 1.54) is 0 Å². The average molecular weight is 426 g/mol. The van der Waals surface area contributed by atoms with Crippen LogP contribution in [0.2, 0.25) is 0 Å². The lowest BCUT2D eigenvalue weighted by molar-refractivity contribution is 0.0424. The first-order valence-electron chi connectivity index (χ1n) is 11.0. The Bertz CT molecular complexity index is 860. The maximum atomic E-state index is 13.1. The van der Waals surface area contributed by atoms with Crippen LogP contribution >= 0.6 is 0 Å². The molecule has 2 fully saturated rings. The smallest absolute Gasteiger partial charge is 0.257 e. The number of pyridine rings is 1. The molecule has 1 aromatic heterocycles. The van der Waals surface area contributed by atoms with E-state index < -0.39 is 0 Å². The minimum Gasteiger partial charge on any atom is -0.493 e. The lowest BCUT2D eigenvalue weighted by atomic mass is 9.98. The number of nitrogens with zero attached hydrogens (tertiary/aromatic N) is 3. The predicted molar refractivity (Wildman–Crippen MR) is 118 cm³/mol. The lowest BCUT2D eigenvalue weighted by Gasteiger charge is -2.41. The van der Waals surface area contributed by atoms with E-state index >= 15 is 0 Å². The fourth-order valence-electron chi connectivity index (χ4n) is 4.63. The molecule has 2 aliphatic rings. The van der Waals surface area contributed by atoms with Gasteiger partial charge in [0, 0.05) is 44.6 Å². The topological polar surface area (TPSA) is 64.1 Å². The fourth-order valence-corrected chi connectivity index (χ4v) is 4.63. The number of likely N-dealkylation sites (tertiary alicyclic amines) is 2. The molecule has 0 aliphatic carbocycles. The summed E-state index contributed by atoms with van der Waals surface area (Å²) in [7, 11) is 3.16. The maximum absolute atomic E-state index is 13.1. The minimum atomic E-state index is 0.0126. The number of carbonyl (C=O) groups excluding carboxylic acids is 1. The normalized spacial score (nSPS) is 18.6. The second kappa shape index (κ2) is 10.0. The number of hydrogen-bond donors (Lipinski definition) is 0. The van der Waals surface area contributed by atoms with Crippen molar-refractivity contribution in [3.63, 3.8) is 0 Å². The Morgan fingerprint density at radius 1 is 0.935 bits per heavy atom. The van der Waals surface area contributed by atoms with Crippen molar-refractivity contribution in [2.75, 3.05) is 40.4 Å². The molecule has 2 aromatic rings. The summed E-state index contributed by atoms with van der Waals surface area (Å²) in [6.45, 7) is 3.60. The van der Waals surface area contributed by atoms with Gasteiger partial charge in [-0.2, -0.15) is 0 Å². The van der Waals surface area contributed by atoms with Crippen molar-refractivity contribution in [3.05, 3.63) is 48.3 Å². The van der Waals surface area contributed by atoms with Gasteiger partial charge in [0.05, 0.1) is 19.8 Å². The number of amides is 1. The molecule has 7 nitrogen and oxygen atoms in total. The molecule has 0 bridgehead atoms. The molecule has 166 valence electrons. The lowest BCUT2D eigenvalue weighted by Crippen LogP contribution is -2.50. The third-order valence-electron chi connectivity index (χ3n) is 6.33. The Labute approximate surface area is 183 Å². The highest BCUT2D eigenvalue weighted by atomic mass is 16.5. The second-order valence-electron chi connectivity index (χ2n) is 8.10. The summed E-state index contributed by atoms with van der Waals surface area (Å²) in [5.41, 5.74) is 0.564. The Morgan fingerprint density at radius 2 is 1.65 bits per heavy atom. The van der Waals surface area contributed by atoms with E-state index in [2.05, 4.69) is 9.88 Å². The highest BCUT2D eigenvalue weighted by Crippen LogP contribution is 2.32. The summed E-state index contributed by atoms with van der Waals surface area (Å²) in [4.78, 5) is 21.6. The highest BCUT2D eigenvalue weighted by molar-refractivity contribution is 5.97. The number of benzene rings is 1. The number of carbonyl (C=O) groups is 1. The van der Waals surface area contributed by atoms with Crippen molar-refractivity contribution in [1.29, 1.82) is 0 Å². The average Bonchev–Trinajstić information content (AvgIpc) is 2.84. The van der Waals surface area contributed by atoms with Gasteiger partial charge in [-0.15, -0.1) is 0 Å². The largest absolute Gasteiger partial charge is 0.493 e. The third kappa shape index (κ3) is 4.93. The molecule has 2 saturated heterocycles. The molecular weight excluding hydrogens is 394 g/mol. The Balaban J connectivity index is 1.28. The van der Waals surface area contributed by atoms with E-state index in [9.17, 15) is 4.79 Å². The molecule has 7 heteroatoms. The van der Waals surface area contributed by atoms with Gasteiger partial charge in [0.15, 0.2) is 11.5 Å². The zero-order valence-corrected chi connectivity index (χ0v) is 18.3. The van der Waals surface area contributed by atoms with E-state index in [1.54, 1.807) is 26.6 Å². The third-order valence-corrected chi connectivity index (χ3v) is 6.33. The van der Waals surface area contributed by atoms with E-state index in [0.717, 1.165) is 57.6 Å². The van der Waals surface area contributed by atoms with Crippen molar-refractivity contribution in [1.82, 2.24) is 14.8 Å². The maximum Gasteiger partial charge on any atom is 0.257 e. The van der Waals surface area contributed by atoms with Crippen LogP contribution in [0.25, 0.3) is 0 Å². The van der Waals surface area contributed by atoms with E-state index in [1.807, 2.05) is 35.2 Å². The molecule has 0 atom stereocenters. The molecule has 0 N–H and O–H groups in total. The molecular formula is C24H31N3O4. The standard InChI is InChI=1S/C24H31N3O4/c1-29-22-5-3-4-21(23(22)30-2)24(28)27-14-8-18(9-15-27)26-16-10-20(11-17-26)31-19-6-12-25-13-7-19/h3-7,12-13,18,20H,8-11,14-17H2,1-2H3. The number of methoxy groups -OCH3 is 2. The van der Waals surface area contributed by atoms with Crippen LogP contribution in [-0.2, 0) is 0 Å². The first kappa shape index (κ1) is 21.4. The van der Waals surface area contributed by atoms with Gasteiger partial charge in [-0.1, -0.05) is 6.07 Å². The van der Waals surface area contributed by atoms with Crippen molar-refractivity contribution in [2.24, 2.45) is 0 Å². The predicted octanol–water partition coefficient (Wildman–Crippen LogP) is 3.25. The Morgan fingerprint density at radius 3 is 2.29 bits per heavy atom. The molecule has 0 spiro atoms. The summed E-state index contributed by atoms with van der Waals surface area (Å²) in [5.74, 6) is 2.00. The van der Waals surface area contributed by atoms with Crippen LogP contribution in [0.15, 0.2) is 42.7 Å². The van der Waals surface area contributed by atoms with E-state index in [4.69, 9.17) is 14.2 Å². The van der Waals surface area contributed by atoms with Crippen LogP contribution in [0.4, 0.5) is 0 Å². The van der Waals surface area contributed by atoms with Gasteiger partial charge in [-0.25, -0.2) is 0 Å². The number of rotatable bonds is 6. The van der Waals surface area contributed by atoms with Gasteiger partial charge < -0.3 is 19.1 Å². The summed E-state index contributed by atoms with van der Waals surface area (Å²) < 4.78 is 16.9. The number of hydrogen-bond acceptors (Lipinski definition) is 6. The van der Waals surface area contributed by atoms with E-state index in [-0.39, 0.29) is 12.0 Å².